The fourth-order valence-corrected chi connectivity index (χ4v) is 3.67. The Morgan fingerprint density at radius 1 is 1.22 bits per heavy atom. The first-order valence-corrected chi connectivity index (χ1v) is 11.1. The molecule has 0 saturated carbocycles. The van der Waals surface area contributed by atoms with Gasteiger partial charge in [0.05, 0.1) is 18.9 Å². The van der Waals surface area contributed by atoms with Gasteiger partial charge < -0.3 is 14.4 Å². The Morgan fingerprint density at radius 2 is 1.89 bits per heavy atom. The van der Waals surface area contributed by atoms with Crippen molar-refractivity contribution in [2.45, 2.75) is 32.4 Å². The number of hydrogen-bond donors (Lipinski definition) is 0. The number of carbonyl (C=O) groups is 1. The van der Waals surface area contributed by atoms with Gasteiger partial charge in [0.25, 0.3) is 0 Å². The number of piperazine rings is 1. The molecule has 0 aromatic heterocycles. The SMILES string of the molecule is COc1ccccc1[C@@H]1CN(C(=O)OC(C)(C)C)CCN1CCS(C)(=O)=O. The molecule has 27 heavy (non-hydrogen) atoms. The third-order valence-electron chi connectivity index (χ3n) is 4.39. The Balaban J connectivity index is 2.26. The fourth-order valence-electron chi connectivity index (χ4n) is 3.10. The maximum Gasteiger partial charge on any atom is 0.410 e. The highest BCUT2D eigenvalue weighted by molar-refractivity contribution is 7.90. The maximum absolute atomic E-state index is 12.5. The Bertz CT molecular complexity index is 758. The van der Waals surface area contributed by atoms with E-state index in [4.69, 9.17) is 9.47 Å². The molecule has 0 aliphatic carbocycles. The number of carbonyl (C=O) groups excluding carboxylic acids is 1. The molecule has 7 nitrogen and oxygen atoms in total. The van der Waals surface area contributed by atoms with Gasteiger partial charge in [-0.25, -0.2) is 13.2 Å². The van der Waals surface area contributed by atoms with Crippen LogP contribution in [0.2, 0.25) is 0 Å². The topological polar surface area (TPSA) is 76.2 Å². The van der Waals surface area contributed by atoms with Crippen molar-refractivity contribution in [1.29, 1.82) is 0 Å². The predicted octanol–water partition coefficient (Wildman–Crippen LogP) is 2.33. The molecule has 8 heteroatoms. The molecule has 0 N–H and O–H groups in total. The molecule has 0 spiro atoms. The average Bonchev–Trinajstić information content (AvgIpc) is 2.57. The van der Waals surface area contributed by atoms with Crippen LogP contribution in [0.25, 0.3) is 0 Å². The van der Waals surface area contributed by atoms with Crippen LogP contribution in [0.5, 0.6) is 5.75 Å². The largest absolute Gasteiger partial charge is 0.496 e. The number of hydrogen-bond acceptors (Lipinski definition) is 6. The van der Waals surface area contributed by atoms with Crippen LogP contribution >= 0.6 is 0 Å². The average molecular weight is 399 g/mol. The van der Waals surface area contributed by atoms with Gasteiger partial charge in [-0.05, 0) is 26.8 Å². The first-order chi connectivity index (χ1) is 12.5. The molecule has 1 aromatic rings. The molecule has 1 saturated heterocycles. The molecule has 2 rings (SSSR count). The van der Waals surface area contributed by atoms with Gasteiger partial charge in [-0.3, -0.25) is 4.90 Å². The number of para-hydroxylation sites is 1. The van der Waals surface area contributed by atoms with Crippen molar-refractivity contribution >= 4 is 15.9 Å². The minimum Gasteiger partial charge on any atom is -0.496 e. The van der Waals surface area contributed by atoms with Gasteiger partial charge in [0.2, 0.25) is 0 Å². The quantitative estimate of drug-likeness (QED) is 0.758. The number of benzene rings is 1. The lowest BCUT2D eigenvalue weighted by Gasteiger charge is -2.42. The summed E-state index contributed by atoms with van der Waals surface area (Å²) in [6.07, 6.45) is 0.882. The van der Waals surface area contributed by atoms with Gasteiger partial charge in [0.15, 0.2) is 0 Å². The lowest BCUT2D eigenvalue weighted by Crippen LogP contribution is -2.52. The van der Waals surface area contributed by atoms with E-state index in [1.54, 1.807) is 12.0 Å². The highest BCUT2D eigenvalue weighted by Gasteiger charge is 2.34. The molecule has 1 aromatic carbocycles. The second kappa shape index (κ2) is 8.48. The smallest absolute Gasteiger partial charge is 0.410 e. The predicted molar refractivity (Wildman–Crippen MR) is 105 cm³/mol. The summed E-state index contributed by atoms with van der Waals surface area (Å²) in [4.78, 5) is 16.3. The molecule has 1 fully saturated rings. The van der Waals surface area contributed by atoms with Crippen molar-refractivity contribution in [3.8, 4) is 5.75 Å². The van der Waals surface area contributed by atoms with Crippen molar-refractivity contribution < 1.29 is 22.7 Å². The van der Waals surface area contributed by atoms with Crippen molar-refractivity contribution in [2.75, 3.05) is 45.3 Å². The van der Waals surface area contributed by atoms with Gasteiger partial charge >= 0.3 is 6.09 Å². The molecule has 1 aliphatic rings. The summed E-state index contributed by atoms with van der Waals surface area (Å²) < 4.78 is 34.3. The summed E-state index contributed by atoms with van der Waals surface area (Å²) in [5, 5.41) is 0. The summed E-state index contributed by atoms with van der Waals surface area (Å²) >= 11 is 0. The normalized spacial score (nSPS) is 19.0. The standard InChI is InChI=1S/C19H30N2O5S/c1-19(2,3)26-18(22)21-11-10-20(12-13-27(5,23)24)16(14-21)15-8-6-7-9-17(15)25-4/h6-9,16H,10-14H2,1-5H3/t16-/m0/s1. The van der Waals surface area contributed by atoms with Crippen LogP contribution in [0.15, 0.2) is 24.3 Å². The highest BCUT2D eigenvalue weighted by Crippen LogP contribution is 2.32. The Morgan fingerprint density at radius 3 is 2.48 bits per heavy atom. The summed E-state index contributed by atoms with van der Waals surface area (Å²) in [6, 6.07) is 7.46. The van der Waals surface area contributed by atoms with Crippen LogP contribution in [0.4, 0.5) is 4.79 Å². The Hall–Kier alpha value is -1.80. The molecule has 1 amide bonds. The summed E-state index contributed by atoms with van der Waals surface area (Å²) in [5.41, 5.74) is 0.367. The maximum atomic E-state index is 12.5. The molecular weight excluding hydrogens is 368 g/mol. The molecule has 152 valence electrons. The van der Waals surface area contributed by atoms with Crippen LogP contribution < -0.4 is 4.74 Å². The Labute approximate surface area is 162 Å². The van der Waals surface area contributed by atoms with Crippen molar-refractivity contribution in [3.05, 3.63) is 29.8 Å². The molecule has 1 aliphatic heterocycles. The molecule has 0 bridgehead atoms. The monoisotopic (exact) mass is 398 g/mol. The summed E-state index contributed by atoms with van der Waals surface area (Å²) in [5.74, 6) is 0.795. The lowest BCUT2D eigenvalue weighted by atomic mass is 10.0. The van der Waals surface area contributed by atoms with Crippen LogP contribution in [-0.4, -0.2) is 75.2 Å². The lowest BCUT2D eigenvalue weighted by molar-refractivity contribution is 0.00411. The van der Waals surface area contributed by atoms with Gasteiger partial charge in [-0.1, -0.05) is 18.2 Å². The van der Waals surface area contributed by atoms with Crippen molar-refractivity contribution in [2.24, 2.45) is 0 Å². The first-order valence-electron chi connectivity index (χ1n) is 9.03. The van der Waals surface area contributed by atoms with Crippen LogP contribution in [0.1, 0.15) is 32.4 Å². The van der Waals surface area contributed by atoms with E-state index in [2.05, 4.69) is 4.90 Å². The van der Waals surface area contributed by atoms with Crippen LogP contribution in [-0.2, 0) is 14.6 Å². The first kappa shape index (κ1) is 21.5. The summed E-state index contributed by atoms with van der Waals surface area (Å²) in [6.45, 7) is 7.39. The van der Waals surface area contributed by atoms with E-state index in [-0.39, 0.29) is 17.9 Å². The number of methoxy groups -OCH3 is 1. The third kappa shape index (κ3) is 6.39. The van der Waals surface area contributed by atoms with Crippen LogP contribution in [0, 0.1) is 0 Å². The number of nitrogens with zero attached hydrogens (tertiary/aromatic N) is 2. The van der Waals surface area contributed by atoms with E-state index in [0.717, 1.165) is 11.3 Å². The fraction of sp³-hybridized carbons (Fsp3) is 0.632. The van der Waals surface area contributed by atoms with E-state index >= 15 is 0 Å². The number of amides is 1. The minimum absolute atomic E-state index is 0.0745. The van der Waals surface area contributed by atoms with E-state index in [1.165, 1.54) is 6.26 Å². The zero-order chi connectivity index (χ0) is 20.2. The van der Waals surface area contributed by atoms with E-state index in [0.29, 0.717) is 26.2 Å². The van der Waals surface area contributed by atoms with Gasteiger partial charge in [-0.15, -0.1) is 0 Å². The summed E-state index contributed by atoms with van der Waals surface area (Å²) in [7, 11) is -1.47. The molecular formula is C19H30N2O5S. The van der Waals surface area contributed by atoms with E-state index in [9.17, 15) is 13.2 Å². The van der Waals surface area contributed by atoms with Crippen molar-refractivity contribution in [3.63, 3.8) is 0 Å². The zero-order valence-corrected chi connectivity index (χ0v) is 17.6. The Kier molecular flexibility index (Phi) is 6.75. The zero-order valence-electron chi connectivity index (χ0n) is 16.8. The third-order valence-corrected chi connectivity index (χ3v) is 5.31. The number of sulfone groups is 1. The van der Waals surface area contributed by atoms with E-state index < -0.39 is 15.4 Å². The number of rotatable bonds is 5. The van der Waals surface area contributed by atoms with Crippen molar-refractivity contribution in [1.82, 2.24) is 9.80 Å². The van der Waals surface area contributed by atoms with Crippen LogP contribution in [0.3, 0.4) is 0 Å². The highest BCUT2D eigenvalue weighted by atomic mass is 32.2. The van der Waals surface area contributed by atoms with Gasteiger partial charge in [-0.2, -0.15) is 0 Å². The molecule has 0 radical (unpaired) electrons. The number of ether oxygens (including phenoxy) is 2. The van der Waals surface area contributed by atoms with Gasteiger partial charge in [0.1, 0.15) is 21.2 Å². The molecule has 0 unspecified atom stereocenters. The second-order valence-electron chi connectivity index (χ2n) is 7.85. The molecule has 1 atom stereocenters. The van der Waals surface area contributed by atoms with E-state index in [1.807, 2.05) is 45.0 Å². The minimum atomic E-state index is -3.08. The second-order valence-corrected chi connectivity index (χ2v) is 10.1. The van der Waals surface area contributed by atoms with Gasteiger partial charge in [0, 0.05) is 38.0 Å². The molecule has 1 heterocycles.